The lowest BCUT2D eigenvalue weighted by Gasteiger charge is -2.32. The molecule has 184 valence electrons. The van der Waals surface area contributed by atoms with Gasteiger partial charge in [-0.3, -0.25) is 9.59 Å². The van der Waals surface area contributed by atoms with Crippen LogP contribution in [0.2, 0.25) is 0 Å². The smallest absolute Gasteiger partial charge is 0.243 e. The minimum absolute atomic E-state index is 0.0987. The van der Waals surface area contributed by atoms with Crippen LogP contribution < -0.4 is 15.4 Å². The number of hydrogen-bond donors (Lipinski definition) is 2. The zero-order chi connectivity index (χ0) is 24.7. The standard InChI is InChI=1S/C25H33N3O5S/c1-18(2)23(25(30)26-17-19-9-11-21(33-3)12-10-19)27-24(29)20-13-15-28(16-14-20)34(31,32)22-7-5-4-6-8-22/h4-12,18,20,23H,13-17H2,1-3H3,(H,26,30)(H,27,29)/t23-/m0/s1. The monoisotopic (exact) mass is 487 g/mol. The fourth-order valence-electron chi connectivity index (χ4n) is 3.95. The Labute approximate surface area is 201 Å². The Morgan fingerprint density at radius 3 is 2.21 bits per heavy atom. The lowest BCUT2D eigenvalue weighted by Crippen LogP contribution is -2.52. The second-order valence-electron chi connectivity index (χ2n) is 8.79. The molecule has 0 saturated carbocycles. The van der Waals surface area contributed by atoms with Gasteiger partial charge in [0, 0.05) is 25.6 Å². The first-order valence-electron chi connectivity index (χ1n) is 11.5. The SMILES string of the molecule is COc1ccc(CNC(=O)[C@@H](NC(=O)C2CCN(S(=O)(=O)c3ccccc3)CC2)C(C)C)cc1. The zero-order valence-corrected chi connectivity index (χ0v) is 20.7. The van der Waals surface area contributed by atoms with Crippen LogP contribution in [0.1, 0.15) is 32.3 Å². The summed E-state index contributed by atoms with van der Waals surface area (Å²) in [6, 6.07) is 15.0. The number of nitrogens with one attached hydrogen (secondary N) is 2. The van der Waals surface area contributed by atoms with Gasteiger partial charge < -0.3 is 15.4 Å². The summed E-state index contributed by atoms with van der Waals surface area (Å²) in [5, 5.41) is 5.78. The van der Waals surface area contributed by atoms with Crippen LogP contribution in [0, 0.1) is 11.8 Å². The van der Waals surface area contributed by atoms with E-state index in [4.69, 9.17) is 4.74 Å². The Kier molecular flexibility index (Phi) is 8.68. The first kappa shape index (κ1) is 25.7. The van der Waals surface area contributed by atoms with Crippen molar-refractivity contribution in [2.75, 3.05) is 20.2 Å². The average molecular weight is 488 g/mol. The summed E-state index contributed by atoms with van der Waals surface area (Å²) in [5.41, 5.74) is 0.926. The number of sulfonamides is 1. The van der Waals surface area contributed by atoms with Gasteiger partial charge in [0.05, 0.1) is 12.0 Å². The number of methoxy groups -OCH3 is 1. The molecule has 9 heteroatoms. The highest BCUT2D eigenvalue weighted by Gasteiger charge is 2.34. The summed E-state index contributed by atoms with van der Waals surface area (Å²) in [6.07, 6.45) is 0.826. The van der Waals surface area contributed by atoms with E-state index >= 15 is 0 Å². The molecule has 0 spiro atoms. The molecule has 0 bridgehead atoms. The fraction of sp³-hybridized carbons (Fsp3) is 0.440. The highest BCUT2D eigenvalue weighted by molar-refractivity contribution is 7.89. The van der Waals surface area contributed by atoms with Crippen molar-refractivity contribution in [3.05, 3.63) is 60.2 Å². The van der Waals surface area contributed by atoms with Crippen LogP contribution in [0.4, 0.5) is 0 Å². The van der Waals surface area contributed by atoms with Crippen LogP contribution in [0.15, 0.2) is 59.5 Å². The van der Waals surface area contributed by atoms with E-state index in [-0.39, 0.29) is 41.6 Å². The van der Waals surface area contributed by atoms with Crippen LogP contribution in [-0.4, -0.2) is 50.8 Å². The van der Waals surface area contributed by atoms with Gasteiger partial charge in [0.2, 0.25) is 21.8 Å². The number of rotatable bonds is 9. The lowest BCUT2D eigenvalue weighted by atomic mass is 9.95. The van der Waals surface area contributed by atoms with Gasteiger partial charge in [0.15, 0.2) is 0 Å². The van der Waals surface area contributed by atoms with Gasteiger partial charge in [-0.1, -0.05) is 44.2 Å². The molecular formula is C25H33N3O5S. The maximum Gasteiger partial charge on any atom is 0.243 e. The van der Waals surface area contributed by atoms with Crippen LogP contribution in [-0.2, 0) is 26.2 Å². The number of ether oxygens (including phenoxy) is 1. The Morgan fingerprint density at radius 1 is 1.03 bits per heavy atom. The maximum absolute atomic E-state index is 12.9. The molecule has 8 nitrogen and oxygen atoms in total. The van der Waals surface area contributed by atoms with E-state index in [1.165, 1.54) is 4.31 Å². The largest absolute Gasteiger partial charge is 0.497 e. The third kappa shape index (κ3) is 6.36. The number of hydrogen-bond acceptors (Lipinski definition) is 5. The number of benzene rings is 2. The summed E-state index contributed by atoms with van der Waals surface area (Å²) in [4.78, 5) is 26.0. The molecule has 3 rings (SSSR count). The molecule has 1 atom stereocenters. The van der Waals surface area contributed by atoms with E-state index in [1.807, 2.05) is 38.1 Å². The third-order valence-electron chi connectivity index (χ3n) is 6.08. The first-order chi connectivity index (χ1) is 16.2. The lowest BCUT2D eigenvalue weighted by molar-refractivity contribution is -0.132. The molecule has 34 heavy (non-hydrogen) atoms. The number of piperidine rings is 1. The van der Waals surface area contributed by atoms with Crippen LogP contribution in [0.25, 0.3) is 0 Å². The Morgan fingerprint density at radius 2 is 1.65 bits per heavy atom. The van der Waals surface area contributed by atoms with Crippen molar-refractivity contribution in [2.45, 2.75) is 44.2 Å². The summed E-state index contributed by atoms with van der Waals surface area (Å²) < 4.78 is 32.2. The quantitative estimate of drug-likeness (QED) is 0.566. The molecule has 2 amide bonds. The number of amides is 2. The Bertz CT molecular complexity index is 1060. The van der Waals surface area contributed by atoms with E-state index in [0.717, 1.165) is 11.3 Å². The number of carbonyl (C=O) groups excluding carboxylic acids is 2. The van der Waals surface area contributed by atoms with Gasteiger partial charge in [0.25, 0.3) is 0 Å². The van der Waals surface area contributed by atoms with Crippen molar-refractivity contribution >= 4 is 21.8 Å². The molecule has 1 heterocycles. The summed E-state index contributed by atoms with van der Waals surface area (Å²) in [6.45, 7) is 4.65. The van der Waals surface area contributed by atoms with E-state index in [0.29, 0.717) is 19.4 Å². The third-order valence-corrected chi connectivity index (χ3v) is 7.99. The molecule has 1 fully saturated rings. The fourth-order valence-corrected chi connectivity index (χ4v) is 5.44. The van der Waals surface area contributed by atoms with Gasteiger partial charge in [-0.25, -0.2) is 8.42 Å². The normalized spacial score (nSPS) is 16.1. The predicted molar refractivity (Wildman–Crippen MR) is 130 cm³/mol. The van der Waals surface area contributed by atoms with Crippen molar-refractivity contribution in [3.8, 4) is 5.75 Å². The molecule has 2 aromatic rings. The van der Waals surface area contributed by atoms with Crippen molar-refractivity contribution < 1.29 is 22.7 Å². The molecule has 2 aromatic carbocycles. The van der Waals surface area contributed by atoms with Crippen molar-refractivity contribution in [1.82, 2.24) is 14.9 Å². The Hall–Kier alpha value is -2.91. The molecule has 0 unspecified atom stereocenters. The molecular weight excluding hydrogens is 454 g/mol. The second kappa shape index (κ2) is 11.5. The van der Waals surface area contributed by atoms with Crippen LogP contribution in [0.5, 0.6) is 5.75 Å². The molecule has 1 aliphatic heterocycles. The maximum atomic E-state index is 12.9. The van der Waals surface area contributed by atoms with E-state index in [9.17, 15) is 18.0 Å². The first-order valence-corrected chi connectivity index (χ1v) is 12.9. The molecule has 1 saturated heterocycles. The van der Waals surface area contributed by atoms with E-state index in [1.54, 1.807) is 37.4 Å². The zero-order valence-electron chi connectivity index (χ0n) is 19.9. The molecule has 2 N–H and O–H groups in total. The average Bonchev–Trinajstić information content (AvgIpc) is 2.86. The van der Waals surface area contributed by atoms with Crippen molar-refractivity contribution in [2.24, 2.45) is 11.8 Å². The van der Waals surface area contributed by atoms with E-state index in [2.05, 4.69) is 10.6 Å². The van der Waals surface area contributed by atoms with Crippen molar-refractivity contribution in [3.63, 3.8) is 0 Å². The highest BCUT2D eigenvalue weighted by Crippen LogP contribution is 2.24. The molecule has 0 aromatic heterocycles. The topological polar surface area (TPSA) is 105 Å². The number of carbonyl (C=O) groups is 2. The second-order valence-corrected chi connectivity index (χ2v) is 10.7. The van der Waals surface area contributed by atoms with Crippen molar-refractivity contribution in [1.29, 1.82) is 0 Å². The Balaban J connectivity index is 1.53. The number of nitrogens with zero attached hydrogens (tertiary/aromatic N) is 1. The summed E-state index contributed by atoms with van der Waals surface area (Å²) >= 11 is 0. The van der Waals surface area contributed by atoms with E-state index < -0.39 is 16.1 Å². The highest BCUT2D eigenvalue weighted by atomic mass is 32.2. The minimum Gasteiger partial charge on any atom is -0.497 e. The van der Waals surface area contributed by atoms with Gasteiger partial charge in [0.1, 0.15) is 11.8 Å². The molecule has 0 radical (unpaired) electrons. The van der Waals surface area contributed by atoms with Gasteiger partial charge in [-0.15, -0.1) is 0 Å². The molecule has 0 aliphatic carbocycles. The summed E-state index contributed by atoms with van der Waals surface area (Å²) in [5.74, 6) is -0.153. The summed E-state index contributed by atoms with van der Waals surface area (Å²) in [7, 11) is -1.97. The van der Waals surface area contributed by atoms with Crippen LogP contribution >= 0.6 is 0 Å². The minimum atomic E-state index is -3.57. The van der Waals surface area contributed by atoms with Gasteiger partial charge in [-0.2, -0.15) is 4.31 Å². The molecule has 1 aliphatic rings. The van der Waals surface area contributed by atoms with Gasteiger partial charge >= 0.3 is 0 Å². The van der Waals surface area contributed by atoms with Gasteiger partial charge in [-0.05, 0) is 48.6 Å². The van der Waals surface area contributed by atoms with Crippen LogP contribution in [0.3, 0.4) is 0 Å². The predicted octanol–water partition coefficient (Wildman–Crippen LogP) is 2.55.